The van der Waals surface area contributed by atoms with E-state index in [2.05, 4.69) is 53.3 Å². The van der Waals surface area contributed by atoms with Gasteiger partial charge in [0.25, 0.3) is 5.91 Å². The summed E-state index contributed by atoms with van der Waals surface area (Å²) in [7, 11) is 0. The zero-order valence-electron chi connectivity index (χ0n) is 17.5. The fourth-order valence-corrected chi connectivity index (χ4v) is 4.14. The van der Waals surface area contributed by atoms with E-state index in [-0.39, 0.29) is 11.9 Å². The minimum atomic E-state index is -0.0440. The maximum Gasteiger partial charge on any atom is 0.276 e. The van der Waals surface area contributed by atoms with Crippen LogP contribution in [-0.2, 0) is 11.3 Å². The molecule has 2 aliphatic heterocycles. The van der Waals surface area contributed by atoms with Gasteiger partial charge in [-0.25, -0.2) is 4.68 Å². The van der Waals surface area contributed by atoms with Crippen molar-refractivity contribution in [3.63, 3.8) is 0 Å². The Morgan fingerprint density at radius 3 is 2.66 bits per heavy atom. The molecule has 2 aromatic rings. The van der Waals surface area contributed by atoms with Crippen molar-refractivity contribution in [3.8, 4) is 0 Å². The normalized spacial score (nSPS) is 20.9. The molecule has 0 unspecified atom stereocenters. The number of amides is 1. The van der Waals surface area contributed by atoms with Gasteiger partial charge in [0.15, 0.2) is 5.69 Å². The highest BCUT2D eigenvalue weighted by Gasteiger charge is 2.25. The lowest BCUT2D eigenvalue weighted by atomic mass is 10.0. The average Bonchev–Trinajstić information content (AvgIpc) is 3.25. The summed E-state index contributed by atoms with van der Waals surface area (Å²) in [5.41, 5.74) is 3.16. The molecule has 7 nitrogen and oxygen atoms in total. The summed E-state index contributed by atoms with van der Waals surface area (Å²) in [6.45, 7) is 9.85. The molecule has 0 N–H and O–H groups in total. The van der Waals surface area contributed by atoms with Gasteiger partial charge in [0.05, 0.1) is 25.5 Å². The average molecular weight is 398 g/mol. The number of carbonyl (C=O) groups is 1. The molecule has 2 fully saturated rings. The van der Waals surface area contributed by atoms with Crippen LogP contribution in [0.15, 0.2) is 30.5 Å². The summed E-state index contributed by atoms with van der Waals surface area (Å²) in [5.74, 6) is 0.516. The highest BCUT2D eigenvalue weighted by Crippen LogP contribution is 2.23. The predicted molar refractivity (Wildman–Crippen MR) is 111 cm³/mol. The Bertz CT molecular complexity index is 811. The molecule has 0 bridgehead atoms. The quantitative estimate of drug-likeness (QED) is 0.776. The molecular weight excluding hydrogens is 366 g/mol. The molecule has 0 aliphatic carbocycles. The number of piperidine rings is 1. The van der Waals surface area contributed by atoms with Gasteiger partial charge in [-0.15, -0.1) is 5.10 Å². The van der Waals surface area contributed by atoms with Crippen LogP contribution in [-0.4, -0.2) is 70.1 Å². The SMILES string of the molecule is CC(C)c1ccc(CN2CCC[C@H](n3cc(C(=O)N4CCOCC4)nn3)C2)cc1. The minimum absolute atomic E-state index is 0.0440. The molecule has 3 heterocycles. The van der Waals surface area contributed by atoms with Gasteiger partial charge in [0.2, 0.25) is 0 Å². The molecule has 29 heavy (non-hydrogen) atoms. The van der Waals surface area contributed by atoms with Gasteiger partial charge in [-0.05, 0) is 36.4 Å². The maximum atomic E-state index is 12.6. The highest BCUT2D eigenvalue weighted by atomic mass is 16.5. The molecule has 0 radical (unpaired) electrons. The van der Waals surface area contributed by atoms with Gasteiger partial charge < -0.3 is 9.64 Å². The minimum Gasteiger partial charge on any atom is -0.378 e. The van der Waals surface area contributed by atoms with Crippen molar-refractivity contribution in [1.82, 2.24) is 24.8 Å². The molecule has 1 amide bonds. The van der Waals surface area contributed by atoms with Crippen molar-refractivity contribution in [2.24, 2.45) is 0 Å². The van der Waals surface area contributed by atoms with Crippen LogP contribution in [0, 0.1) is 0 Å². The van der Waals surface area contributed by atoms with Crippen LogP contribution in [0.1, 0.15) is 60.3 Å². The first-order chi connectivity index (χ1) is 14.1. The molecule has 1 aromatic heterocycles. The van der Waals surface area contributed by atoms with E-state index in [0.717, 1.165) is 32.5 Å². The Kier molecular flexibility index (Phi) is 6.25. The van der Waals surface area contributed by atoms with Crippen LogP contribution in [0.3, 0.4) is 0 Å². The van der Waals surface area contributed by atoms with Gasteiger partial charge >= 0.3 is 0 Å². The van der Waals surface area contributed by atoms with Crippen LogP contribution < -0.4 is 0 Å². The number of nitrogens with zero attached hydrogens (tertiary/aromatic N) is 5. The van der Waals surface area contributed by atoms with E-state index >= 15 is 0 Å². The number of carbonyl (C=O) groups excluding carboxylic acids is 1. The first kappa shape index (κ1) is 20.0. The van der Waals surface area contributed by atoms with Crippen molar-refractivity contribution in [3.05, 3.63) is 47.3 Å². The molecule has 2 aliphatic rings. The third-order valence-electron chi connectivity index (χ3n) is 5.94. The Hall–Kier alpha value is -2.25. The number of benzene rings is 1. The van der Waals surface area contributed by atoms with E-state index in [9.17, 15) is 4.79 Å². The molecule has 2 saturated heterocycles. The third kappa shape index (κ3) is 4.85. The molecule has 156 valence electrons. The van der Waals surface area contributed by atoms with E-state index in [1.54, 1.807) is 4.90 Å². The lowest BCUT2D eigenvalue weighted by molar-refractivity contribution is 0.0299. The van der Waals surface area contributed by atoms with Crippen LogP contribution in [0.2, 0.25) is 0 Å². The number of rotatable bonds is 5. The number of likely N-dealkylation sites (tertiary alicyclic amines) is 1. The second-order valence-corrected chi connectivity index (χ2v) is 8.42. The van der Waals surface area contributed by atoms with Crippen LogP contribution >= 0.6 is 0 Å². The zero-order valence-corrected chi connectivity index (χ0v) is 17.5. The van der Waals surface area contributed by atoms with Gasteiger partial charge in [-0.1, -0.05) is 43.3 Å². The largest absolute Gasteiger partial charge is 0.378 e. The van der Waals surface area contributed by atoms with Crippen molar-refractivity contribution >= 4 is 5.91 Å². The van der Waals surface area contributed by atoms with Crippen molar-refractivity contribution in [2.45, 2.75) is 45.2 Å². The fourth-order valence-electron chi connectivity index (χ4n) is 4.14. The van der Waals surface area contributed by atoms with E-state index in [0.29, 0.717) is 37.9 Å². The van der Waals surface area contributed by atoms with Crippen molar-refractivity contribution in [2.75, 3.05) is 39.4 Å². The van der Waals surface area contributed by atoms with E-state index in [1.807, 2.05) is 10.9 Å². The van der Waals surface area contributed by atoms with Crippen molar-refractivity contribution in [1.29, 1.82) is 0 Å². The summed E-state index contributed by atoms with van der Waals surface area (Å²) < 4.78 is 7.21. The molecule has 1 aromatic carbocycles. The lowest BCUT2D eigenvalue weighted by Crippen LogP contribution is -2.40. The van der Waals surface area contributed by atoms with Gasteiger partial charge in [-0.3, -0.25) is 9.69 Å². The Morgan fingerprint density at radius 1 is 1.17 bits per heavy atom. The first-order valence-corrected chi connectivity index (χ1v) is 10.7. The standard InChI is InChI=1S/C22H31N5O2/c1-17(2)19-7-5-18(6-8-19)14-25-9-3-4-20(15-25)27-16-21(23-24-27)22(28)26-10-12-29-13-11-26/h5-8,16-17,20H,3-4,9-15H2,1-2H3/t20-/m0/s1. The number of hydrogen-bond donors (Lipinski definition) is 0. The van der Waals surface area contributed by atoms with Gasteiger partial charge in [0.1, 0.15) is 0 Å². The number of hydrogen-bond acceptors (Lipinski definition) is 5. The topological polar surface area (TPSA) is 63.5 Å². The molecule has 0 spiro atoms. The van der Waals surface area contributed by atoms with Gasteiger partial charge in [-0.2, -0.15) is 0 Å². The number of ether oxygens (including phenoxy) is 1. The van der Waals surface area contributed by atoms with Crippen molar-refractivity contribution < 1.29 is 9.53 Å². The third-order valence-corrected chi connectivity index (χ3v) is 5.94. The smallest absolute Gasteiger partial charge is 0.276 e. The highest BCUT2D eigenvalue weighted by molar-refractivity contribution is 5.92. The summed E-state index contributed by atoms with van der Waals surface area (Å²) in [6.07, 6.45) is 4.02. The molecular formula is C22H31N5O2. The molecule has 4 rings (SSSR count). The maximum absolute atomic E-state index is 12.6. The molecule has 1 atom stereocenters. The number of morpholine rings is 1. The second-order valence-electron chi connectivity index (χ2n) is 8.42. The summed E-state index contributed by atoms with van der Waals surface area (Å²) in [6, 6.07) is 9.23. The van der Waals surface area contributed by atoms with E-state index in [1.165, 1.54) is 11.1 Å². The Balaban J connectivity index is 1.37. The summed E-state index contributed by atoms with van der Waals surface area (Å²) in [5, 5.41) is 8.45. The zero-order chi connectivity index (χ0) is 20.2. The van der Waals surface area contributed by atoms with E-state index < -0.39 is 0 Å². The predicted octanol–water partition coefficient (Wildman–Crippen LogP) is 2.71. The van der Waals surface area contributed by atoms with Gasteiger partial charge in [0, 0.05) is 26.2 Å². The fraction of sp³-hybridized carbons (Fsp3) is 0.591. The Labute approximate surface area is 172 Å². The number of aromatic nitrogens is 3. The molecule has 0 saturated carbocycles. The summed E-state index contributed by atoms with van der Waals surface area (Å²) in [4.78, 5) is 16.9. The van der Waals surface area contributed by atoms with Crippen LogP contribution in [0.5, 0.6) is 0 Å². The first-order valence-electron chi connectivity index (χ1n) is 10.7. The summed E-state index contributed by atoms with van der Waals surface area (Å²) >= 11 is 0. The van der Waals surface area contributed by atoms with E-state index in [4.69, 9.17) is 4.74 Å². The Morgan fingerprint density at radius 2 is 1.93 bits per heavy atom. The van der Waals surface area contributed by atoms with Crippen LogP contribution in [0.4, 0.5) is 0 Å². The molecule has 7 heteroatoms. The lowest BCUT2D eigenvalue weighted by Gasteiger charge is -2.32. The van der Waals surface area contributed by atoms with Crippen LogP contribution in [0.25, 0.3) is 0 Å². The monoisotopic (exact) mass is 397 g/mol. The second kappa shape index (κ2) is 9.05.